The normalized spacial score (nSPS) is 16.9. The molecule has 0 saturated heterocycles. The Bertz CT molecular complexity index is 648. The lowest BCUT2D eigenvalue weighted by Crippen LogP contribution is -2.38. The fourth-order valence-corrected chi connectivity index (χ4v) is 2.92. The molecule has 1 aliphatic carbocycles. The van der Waals surface area contributed by atoms with Gasteiger partial charge >= 0.3 is 0 Å². The summed E-state index contributed by atoms with van der Waals surface area (Å²) in [6.07, 6.45) is 5.21. The van der Waals surface area contributed by atoms with Crippen LogP contribution in [0, 0.1) is 0 Å². The SMILES string of the molecule is NC(=NCC1(c2ccc(Cl)cc2)CCC1)Nc1ccccn1. The van der Waals surface area contributed by atoms with Crippen molar-refractivity contribution in [2.45, 2.75) is 24.7 Å². The number of hydrogen-bond acceptors (Lipinski definition) is 2. The fourth-order valence-electron chi connectivity index (χ4n) is 2.79. The van der Waals surface area contributed by atoms with Crippen molar-refractivity contribution in [3.05, 3.63) is 59.2 Å². The molecule has 5 heteroatoms. The van der Waals surface area contributed by atoms with Crippen molar-refractivity contribution in [1.82, 2.24) is 4.98 Å². The number of anilines is 1. The molecule has 22 heavy (non-hydrogen) atoms. The van der Waals surface area contributed by atoms with Crippen LogP contribution >= 0.6 is 11.6 Å². The van der Waals surface area contributed by atoms with Gasteiger partial charge in [0.15, 0.2) is 5.96 Å². The minimum absolute atomic E-state index is 0.0982. The Kier molecular flexibility index (Phi) is 4.29. The van der Waals surface area contributed by atoms with E-state index in [2.05, 4.69) is 27.4 Å². The highest BCUT2D eigenvalue weighted by Gasteiger charge is 2.38. The zero-order chi connectivity index (χ0) is 15.4. The van der Waals surface area contributed by atoms with Gasteiger partial charge in [-0.15, -0.1) is 0 Å². The fraction of sp³-hybridized carbons (Fsp3) is 0.294. The molecular formula is C17H19ClN4. The van der Waals surface area contributed by atoms with Crippen LogP contribution in [0.1, 0.15) is 24.8 Å². The Hall–Kier alpha value is -2.07. The Balaban J connectivity index is 1.70. The lowest BCUT2D eigenvalue weighted by atomic mass is 9.64. The van der Waals surface area contributed by atoms with Gasteiger partial charge < -0.3 is 11.1 Å². The molecule has 1 heterocycles. The lowest BCUT2D eigenvalue weighted by Gasteiger charge is -2.41. The molecule has 0 spiro atoms. The average Bonchev–Trinajstić information content (AvgIpc) is 2.49. The van der Waals surface area contributed by atoms with Crippen LogP contribution in [0.5, 0.6) is 0 Å². The van der Waals surface area contributed by atoms with Crippen LogP contribution in [0.15, 0.2) is 53.7 Å². The van der Waals surface area contributed by atoms with Crippen LogP contribution in [0.4, 0.5) is 5.82 Å². The summed E-state index contributed by atoms with van der Waals surface area (Å²) in [4.78, 5) is 8.70. The highest BCUT2D eigenvalue weighted by atomic mass is 35.5. The summed E-state index contributed by atoms with van der Waals surface area (Å²) < 4.78 is 0. The van der Waals surface area contributed by atoms with Crippen LogP contribution in [0.2, 0.25) is 5.02 Å². The minimum atomic E-state index is 0.0982. The Labute approximate surface area is 135 Å². The molecule has 1 saturated carbocycles. The Morgan fingerprint density at radius 2 is 2.00 bits per heavy atom. The van der Waals surface area contributed by atoms with Gasteiger partial charge in [0.2, 0.25) is 0 Å². The third-order valence-electron chi connectivity index (χ3n) is 4.24. The Morgan fingerprint density at radius 3 is 2.59 bits per heavy atom. The zero-order valence-electron chi connectivity index (χ0n) is 12.3. The van der Waals surface area contributed by atoms with Crippen molar-refractivity contribution in [2.75, 3.05) is 11.9 Å². The van der Waals surface area contributed by atoms with Crippen molar-refractivity contribution in [3.8, 4) is 0 Å². The third-order valence-corrected chi connectivity index (χ3v) is 4.49. The first kappa shape index (κ1) is 14.9. The molecular weight excluding hydrogens is 296 g/mol. The van der Waals surface area contributed by atoms with E-state index in [9.17, 15) is 0 Å². The summed E-state index contributed by atoms with van der Waals surface area (Å²) in [5.74, 6) is 1.11. The maximum atomic E-state index is 5.98. The first-order valence-corrected chi connectivity index (χ1v) is 7.80. The van der Waals surface area contributed by atoms with Crippen molar-refractivity contribution >= 4 is 23.4 Å². The number of nitrogens with one attached hydrogen (secondary N) is 1. The summed E-state index contributed by atoms with van der Waals surface area (Å²) in [7, 11) is 0. The molecule has 0 amide bonds. The molecule has 1 aromatic heterocycles. The molecule has 1 fully saturated rings. The largest absolute Gasteiger partial charge is 0.370 e. The quantitative estimate of drug-likeness (QED) is 0.669. The summed E-state index contributed by atoms with van der Waals surface area (Å²) in [5, 5.41) is 3.78. The summed E-state index contributed by atoms with van der Waals surface area (Å²) in [6.45, 7) is 0.681. The van der Waals surface area contributed by atoms with Crippen LogP contribution in [0.25, 0.3) is 0 Å². The van der Waals surface area contributed by atoms with E-state index in [0.717, 1.165) is 17.9 Å². The number of hydrogen-bond donors (Lipinski definition) is 2. The van der Waals surface area contributed by atoms with Gasteiger partial charge in [-0.05, 0) is 42.7 Å². The maximum Gasteiger partial charge on any atom is 0.194 e. The van der Waals surface area contributed by atoms with Gasteiger partial charge in [-0.2, -0.15) is 0 Å². The first-order chi connectivity index (χ1) is 10.7. The van der Waals surface area contributed by atoms with E-state index in [-0.39, 0.29) is 5.41 Å². The van der Waals surface area contributed by atoms with Crippen molar-refractivity contribution in [2.24, 2.45) is 10.7 Å². The molecule has 0 atom stereocenters. The molecule has 0 aliphatic heterocycles. The zero-order valence-corrected chi connectivity index (χ0v) is 13.1. The van der Waals surface area contributed by atoms with E-state index in [1.165, 1.54) is 12.0 Å². The first-order valence-electron chi connectivity index (χ1n) is 7.42. The standard InChI is InChI=1S/C17H19ClN4/c18-14-7-5-13(6-8-14)17(9-3-10-17)12-21-16(19)22-15-4-1-2-11-20-15/h1-2,4-8,11H,3,9-10,12H2,(H3,19,20,21,22). The number of halogens is 1. The van der Waals surface area contributed by atoms with E-state index < -0.39 is 0 Å². The van der Waals surface area contributed by atoms with Crippen molar-refractivity contribution < 1.29 is 0 Å². The van der Waals surface area contributed by atoms with Gasteiger partial charge in [0.05, 0.1) is 6.54 Å². The number of benzene rings is 1. The van der Waals surface area contributed by atoms with Crippen LogP contribution in [-0.4, -0.2) is 17.5 Å². The molecule has 114 valence electrons. The van der Waals surface area contributed by atoms with Gasteiger partial charge in [0, 0.05) is 16.6 Å². The van der Waals surface area contributed by atoms with E-state index in [1.807, 2.05) is 30.3 Å². The van der Waals surface area contributed by atoms with Gasteiger partial charge in [0.25, 0.3) is 0 Å². The van der Waals surface area contributed by atoms with Crippen molar-refractivity contribution in [1.29, 1.82) is 0 Å². The second-order valence-electron chi connectivity index (χ2n) is 5.68. The molecule has 0 unspecified atom stereocenters. The number of nitrogens with two attached hydrogens (primary N) is 1. The average molecular weight is 315 g/mol. The second-order valence-corrected chi connectivity index (χ2v) is 6.12. The minimum Gasteiger partial charge on any atom is -0.370 e. The molecule has 4 nitrogen and oxygen atoms in total. The number of aliphatic imine (C=N–C) groups is 1. The number of aromatic nitrogens is 1. The summed E-state index contributed by atoms with van der Waals surface area (Å²) >= 11 is 5.98. The molecule has 0 radical (unpaired) electrons. The van der Waals surface area contributed by atoms with Crippen LogP contribution < -0.4 is 11.1 Å². The summed E-state index contributed by atoms with van der Waals surface area (Å²) in [6, 6.07) is 13.7. The van der Waals surface area contributed by atoms with Gasteiger partial charge in [-0.1, -0.05) is 36.2 Å². The molecule has 3 rings (SSSR count). The second kappa shape index (κ2) is 6.36. The Morgan fingerprint density at radius 1 is 1.23 bits per heavy atom. The van der Waals surface area contributed by atoms with E-state index in [1.54, 1.807) is 6.20 Å². The topological polar surface area (TPSA) is 63.3 Å². The van der Waals surface area contributed by atoms with Gasteiger partial charge in [-0.25, -0.2) is 4.98 Å². The van der Waals surface area contributed by atoms with Crippen LogP contribution in [-0.2, 0) is 5.41 Å². The molecule has 2 aromatic rings. The maximum absolute atomic E-state index is 5.98. The molecule has 1 aromatic carbocycles. The summed E-state index contributed by atoms with van der Waals surface area (Å²) in [5.41, 5.74) is 7.36. The number of nitrogens with zero attached hydrogens (tertiary/aromatic N) is 2. The monoisotopic (exact) mass is 314 g/mol. The smallest absolute Gasteiger partial charge is 0.194 e. The predicted molar refractivity (Wildman–Crippen MR) is 91.3 cm³/mol. The molecule has 1 aliphatic rings. The van der Waals surface area contributed by atoms with E-state index >= 15 is 0 Å². The third kappa shape index (κ3) is 3.22. The molecule has 3 N–H and O–H groups in total. The van der Waals surface area contributed by atoms with Gasteiger partial charge in [-0.3, -0.25) is 4.99 Å². The number of pyridine rings is 1. The number of guanidine groups is 1. The van der Waals surface area contributed by atoms with Gasteiger partial charge in [0.1, 0.15) is 5.82 Å². The highest BCUT2D eigenvalue weighted by Crippen LogP contribution is 2.44. The number of rotatable bonds is 4. The predicted octanol–water partition coefficient (Wildman–Crippen LogP) is 3.58. The lowest BCUT2D eigenvalue weighted by molar-refractivity contribution is 0.254. The van der Waals surface area contributed by atoms with E-state index in [0.29, 0.717) is 18.3 Å². The van der Waals surface area contributed by atoms with Crippen LogP contribution in [0.3, 0.4) is 0 Å². The highest BCUT2D eigenvalue weighted by molar-refractivity contribution is 6.30. The molecule has 0 bridgehead atoms. The van der Waals surface area contributed by atoms with E-state index in [4.69, 9.17) is 17.3 Å². The van der Waals surface area contributed by atoms with Crippen molar-refractivity contribution in [3.63, 3.8) is 0 Å².